The van der Waals surface area contributed by atoms with Crippen LogP contribution in [0.2, 0.25) is 0 Å². The molecule has 0 radical (unpaired) electrons. The molecule has 0 aromatic heterocycles. The summed E-state index contributed by atoms with van der Waals surface area (Å²) in [7, 11) is 1.23. The summed E-state index contributed by atoms with van der Waals surface area (Å²) in [5, 5.41) is 0. The third-order valence-corrected chi connectivity index (χ3v) is 5.44. The highest BCUT2D eigenvalue weighted by atomic mass is 16.6. The predicted octanol–water partition coefficient (Wildman–Crippen LogP) is 4.51. The molecular weight excluding hydrogens is 478 g/mol. The summed E-state index contributed by atoms with van der Waals surface area (Å²) in [6.45, 7) is 11.2. The van der Waals surface area contributed by atoms with Gasteiger partial charge in [-0.25, -0.2) is 0 Å². The molecule has 0 amide bonds. The van der Waals surface area contributed by atoms with Crippen molar-refractivity contribution < 1.29 is 38.1 Å². The summed E-state index contributed by atoms with van der Waals surface area (Å²) in [5.41, 5.74) is 5.52. The van der Waals surface area contributed by atoms with Gasteiger partial charge in [0.05, 0.1) is 7.11 Å². The first-order chi connectivity index (χ1) is 17.3. The van der Waals surface area contributed by atoms with Gasteiger partial charge in [-0.2, -0.15) is 0 Å². The van der Waals surface area contributed by atoms with Crippen LogP contribution in [-0.2, 0) is 35.1 Å². The number of hydrogen-bond donors (Lipinski definition) is 1. The van der Waals surface area contributed by atoms with Gasteiger partial charge in [0.1, 0.15) is 11.6 Å². The molecule has 1 unspecified atom stereocenters. The molecule has 0 bridgehead atoms. The Hall–Kier alpha value is -2.94. The number of nitrogens with two attached hydrogens (primary N) is 1. The Morgan fingerprint density at radius 2 is 1.46 bits per heavy atom. The van der Waals surface area contributed by atoms with E-state index in [1.54, 1.807) is 13.0 Å². The lowest BCUT2D eigenvalue weighted by Crippen LogP contribution is -2.53. The van der Waals surface area contributed by atoms with Crippen molar-refractivity contribution in [3.63, 3.8) is 0 Å². The number of rotatable bonds is 15. The number of carbonyl (C=O) groups is 4. The molecule has 0 saturated carbocycles. The smallest absolute Gasteiger partial charge is 0.326 e. The van der Waals surface area contributed by atoms with Crippen molar-refractivity contribution in [2.24, 2.45) is 17.6 Å². The lowest BCUT2D eigenvalue weighted by Gasteiger charge is -2.29. The van der Waals surface area contributed by atoms with Crippen LogP contribution < -0.4 is 15.2 Å². The Labute approximate surface area is 220 Å². The van der Waals surface area contributed by atoms with Gasteiger partial charge < -0.3 is 24.7 Å². The fourth-order valence-electron chi connectivity index (χ4n) is 3.78. The minimum atomic E-state index is -1.52. The average molecular weight is 522 g/mol. The molecule has 1 aromatic carbocycles. The maximum Gasteiger partial charge on any atom is 0.326 e. The minimum Gasteiger partial charge on any atom is -0.468 e. The van der Waals surface area contributed by atoms with Crippen molar-refractivity contribution in [2.75, 3.05) is 7.11 Å². The Bertz CT molecular complexity index is 927. The number of esters is 4. The molecule has 9 heteroatoms. The van der Waals surface area contributed by atoms with Gasteiger partial charge in [-0.1, -0.05) is 47.1 Å². The van der Waals surface area contributed by atoms with Crippen LogP contribution in [0.4, 0.5) is 0 Å². The number of benzene rings is 1. The topological polar surface area (TPSA) is 131 Å². The molecular formula is C28H43NO8. The van der Waals surface area contributed by atoms with Crippen LogP contribution in [0, 0.1) is 11.8 Å². The summed E-state index contributed by atoms with van der Waals surface area (Å²) < 4.78 is 21.4. The van der Waals surface area contributed by atoms with Crippen molar-refractivity contribution in [1.29, 1.82) is 0 Å². The zero-order valence-corrected chi connectivity index (χ0v) is 23.3. The minimum absolute atomic E-state index is 0.00543. The van der Waals surface area contributed by atoms with Gasteiger partial charge in [-0.05, 0) is 42.9 Å². The first-order valence-electron chi connectivity index (χ1n) is 12.9. The molecule has 0 spiro atoms. The molecule has 0 aliphatic heterocycles. The quantitative estimate of drug-likeness (QED) is 0.261. The van der Waals surface area contributed by atoms with Crippen LogP contribution in [0.15, 0.2) is 18.2 Å². The van der Waals surface area contributed by atoms with Crippen molar-refractivity contribution in [2.45, 2.75) is 98.1 Å². The Morgan fingerprint density at radius 1 is 0.892 bits per heavy atom. The summed E-state index contributed by atoms with van der Waals surface area (Å²) in [6, 6.07) is 4.68. The van der Waals surface area contributed by atoms with Crippen LogP contribution in [0.1, 0.15) is 85.6 Å². The molecule has 1 rings (SSSR count). The highest BCUT2D eigenvalue weighted by Gasteiger charge is 2.38. The van der Waals surface area contributed by atoms with Gasteiger partial charge in [0.2, 0.25) is 0 Å². The first-order valence-corrected chi connectivity index (χ1v) is 12.9. The van der Waals surface area contributed by atoms with E-state index in [0.717, 1.165) is 6.42 Å². The van der Waals surface area contributed by atoms with Crippen molar-refractivity contribution in [1.82, 2.24) is 0 Å². The third-order valence-electron chi connectivity index (χ3n) is 5.44. The largest absolute Gasteiger partial charge is 0.468 e. The molecule has 37 heavy (non-hydrogen) atoms. The zero-order chi connectivity index (χ0) is 28.2. The van der Waals surface area contributed by atoms with E-state index in [-0.39, 0.29) is 55.0 Å². The Kier molecular flexibility index (Phi) is 13.3. The van der Waals surface area contributed by atoms with Crippen molar-refractivity contribution >= 4 is 23.9 Å². The van der Waals surface area contributed by atoms with E-state index in [1.807, 2.05) is 34.6 Å². The molecule has 9 nitrogen and oxygen atoms in total. The Balaban J connectivity index is 3.21. The maximum atomic E-state index is 12.7. The second-order valence-corrected chi connectivity index (χ2v) is 10.4. The summed E-state index contributed by atoms with van der Waals surface area (Å²) >= 11 is 0. The van der Waals surface area contributed by atoms with E-state index in [2.05, 4.69) is 0 Å². The number of unbranched alkanes of at least 4 members (excludes halogenated alkanes) is 1. The van der Waals surface area contributed by atoms with Crippen LogP contribution >= 0.6 is 0 Å². The van der Waals surface area contributed by atoms with Gasteiger partial charge in [-0.3, -0.25) is 19.2 Å². The average Bonchev–Trinajstić information content (AvgIpc) is 2.77. The van der Waals surface area contributed by atoms with Crippen LogP contribution in [0.3, 0.4) is 0 Å². The van der Waals surface area contributed by atoms with Crippen LogP contribution in [0.5, 0.6) is 11.5 Å². The number of ether oxygens (including phenoxy) is 4. The van der Waals surface area contributed by atoms with Crippen molar-refractivity contribution in [3.8, 4) is 11.5 Å². The van der Waals surface area contributed by atoms with Crippen LogP contribution in [0.25, 0.3) is 0 Å². The van der Waals surface area contributed by atoms with E-state index in [4.69, 9.17) is 24.7 Å². The van der Waals surface area contributed by atoms with Gasteiger partial charge in [-0.15, -0.1) is 0 Å². The van der Waals surface area contributed by atoms with Crippen molar-refractivity contribution in [3.05, 3.63) is 23.8 Å². The van der Waals surface area contributed by atoms with Crippen LogP contribution in [-0.4, -0.2) is 42.6 Å². The lowest BCUT2D eigenvalue weighted by atomic mass is 9.86. The molecule has 0 aliphatic carbocycles. The SMILES string of the molecule is CCCCC(=O)O[C@@H](C)CC(N)(Cc1ccc(OC(=O)CC(C)C)c(OC(=O)CC(C)C)c1)C(=O)OC. The highest BCUT2D eigenvalue weighted by Crippen LogP contribution is 2.32. The molecule has 2 N–H and O–H groups in total. The van der Waals surface area contributed by atoms with Gasteiger partial charge in [0, 0.05) is 32.1 Å². The third kappa shape index (κ3) is 11.8. The molecule has 0 heterocycles. The monoisotopic (exact) mass is 521 g/mol. The number of carbonyl (C=O) groups excluding carboxylic acids is 4. The lowest BCUT2D eigenvalue weighted by molar-refractivity contribution is -0.155. The highest BCUT2D eigenvalue weighted by molar-refractivity contribution is 5.81. The van der Waals surface area contributed by atoms with E-state index < -0.39 is 29.6 Å². The summed E-state index contributed by atoms with van der Waals surface area (Å²) in [4.78, 5) is 49.4. The molecule has 0 fully saturated rings. The zero-order valence-electron chi connectivity index (χ0n) is 23.3. The normalized spacial score (nSPS) is 13.6. The van der Waals surface area contributed by atoms with E-state index >= 15 is 0 Å². The molecule has 1 aromatic rings. The Morgan fingerprint density at radius 3 is 1.97 bits per heavy atom. The van der Waals surface area contributed by atoms with E-state index in [0.29, 0.717) is 18.4 Å². The molecule has 208 valence electrons. The second-order valence-electron chi connectivity index (χ2n) is 10.4. The van der Waals surface area contributed by atoms with Gasteiger partial charge in [0.15, 0.2) is 11.5 Å². The van der Waals surface area contributed by atoms with Gasteiger partial charge >= 0.3 is 23.9 Å². The second kappa shape index (κ2) is 15.3. The molecule has 0 saturated heterocycles. The number of hydrogen-bond acceptors (Lipinski definition) is 9. The standard InChI is InChI=1S/C28H43NO8/c1-8-9-10-24(30)35-20(6)16-28(29,27(33)34-7)17-21-11-12-22(36-25(31)13-18(2)3)23(15-21)37-26(32)14-19(4)5/h11-12,15,18-20H,8-10,13-14,16-17,29H2,1-7H3/t20-,28?/m0/s1. The fourth-order valence-corrected chi connectivity index (χ4v) is 3.78. The maximum absolute atomic E-state index is 12.7. The van der Waals surface area contributed by atoms with E-state index in [1.165, 1.54) is 19.2 Å². The summed E-state index contributed by atoms with van der Waals surface area (Å²) in [6.07, 6.45) is 1.63. The number of methoxy groups -OCH3 is 1. The fraction of sp³-hybridized carbons (Fsp3) is 0.643. The first kappa shape index (κ1) is 32.1. The van der Waals surface area contributed by atoms with Gasteiger partial charge in [0.25, 0.3) is 0 Å². The summed E-state index contributed by atoms with van der Waals surface area (Å²) in [5.74, 6) is -1.63. The predicted molar refractivity (Wildman–Crippen MR) is 139 cm³/mol. The molecule has 2 atom stereocenters. The molecule has 0 aliphatic rings. The van der Waals surface area contributed by atoms with E-state index in [9.17, 15) is 19.2 Å².